The molecule has 0 radical (unpaired) electrons. The number of phenols is 1. The average Bonchev–Trinajstić information content (AvgIpc) is 3.16. The van der Waals surface area contributed by atoms with Crippen LogP contribution >= 0.6 is 39.3 Å². The van der Waals surface area contributed by atoms with Gasteiger partial charge in [0, 0.05) is 27.3 Å². The molecule has 1 heterocycles. The van der Waals surface area contributed by atoms with E-state index in [-0.39, 0.29) is 17.4 Å². The first-order chi connectivity index (χ1) is 15.0. The van der Waals surface area contributed by atoms with Crippen LogP contribution < -0.4 is 10.7 Å². The second kappa shape index (κ2) is 11.2. The van der Waals surface area contributed by atoms with E-state index in [1.54, 1.807) is 18.2 Å². The molecule has 11 heteroatoms. The van der Waals surface area contributed by atoms with Gasteiger partial charge in [-0.05, 0) is 49.4 Å². The van der Waals surface area contributed by atoms with Gasteiger partial charge in [-0.2, -0.15) is 5.10 Å². The molecule has 0 saturated heterocycles. The Balaban J connectivity index is 1.52. The number of hydrazone groups is 1. The number of benzene rings is 2. The summed E-state index contributed by atoms with van der Waals surface area (Å²) < 4.78 is 2.75. The van der Waals surface area contributed by atoms with Crippen molar-refractivity contribution in [3.05, 3.63) is 63.3 Å². The number of thioether (sulfide) groups is 1. The average molecular weight is 524 g/mol. The largest absolute Gasteiger partial charge is 0.507 e. The maximum absolute atomic E-state index is 12.1. The van der Waals surface area contributed by atoms with Crippen molar-refractivity contribution in [2.24, 2.45) is 5.10 Å². The van der Waals surface area contributed by atoms with Gasteiger partial charge in [0.05, 0.1) is 18.5 Å². The number of amides is 1. The predicted molar refractivity (Wildman–Crippen MR) is 127 cm³/mol. The number of aromatic nitrogens is 3. The molecule has 1 aromatic heterocycles. The Morgan fingerprint density at radius 3 is 2.81 bits per heavy atom. The number of carbonyl (C=O) groups is 1. The summed E-state index contributed by atoms with van der Waals surface area (Å²) in [7, 11) is 0. The number of hydrogen-bond acceptors (Lipinski definition) is 7. The molecule has 1 amide bonds. The molecule has 8 nitrogen and oxygen atoms in total. The summed E-state index contributed by atoms with van der Waals surface area (Å²) in [6, 6.07) is 12.4. The second-order valence-electron chi connectivity index (χ2n) is 6.29. The first-order valence-electron chi connectivity index (χ1n) is 9.31. The first-order valence-corrected chi connectivity index (χ1v) is 11.5. The van der Waals surface area contributed by atoms with E-state index in [2.05, 4.69) is 42.0 Å². The molecule has 0 spiro atoms. The summed E-state index contributed by atoms with van der Waals surface area (Å²) in [5.41, 5.74) is 3.87. The fourth-order valence-electron chi connectivity index (χ4n) is 2.59. The zero-order valence-electron chi connectivity index (χ0n) is 16.5. The summed E-state index contributed by atoms with van der Waals surface area (Å²) in [6.45, 7) is 3.17. The summed E-state index contributed by atoms with van der Waals surface area (Å²) in [5.74, 6) is 0.682. The normalized spacial score (nSPS) is 11.1. The highest BCUT2D eigenvalue weighted by Gasteiger charge is 2.13. The van der Waals surface area contributed by atoms with Crippen molar-refractivity contribution < 1.29 is 9.90 Å². The van der Waals surface area contributed by atoms with E-state index in [4.69, 9.17) is 11.6 Å². The second-order valence-corrected chi connectivity index (χ2v) is 8.58. The van der Waals surface area contributed by atoms with Crippen molar-refractivity contribution >= 4 is 57.1 Å². The Bertz CT molecular complexity index is 1070. The van der Waals surface area contributed by atoms with Gasteiger partial charge in [0.1, 0.15) is 5.75 Å². The molecular weight excluding hydrogens is 504 g/mol. The molecule has 0 saturated carbocycles. The SMILES string of the molecule is CCn1c(CNc2ccc(Cl)cc2)nnc1SCC(=O)N/N=C\c1cc(Br)ccc1O. The van der Waals surface area contributed by atoms with Gasteiger partial charge in [0.15, 0.2) is 11.0 Å². The third kappa shape index (κ3) is 6.71. The number of anilines is 1. The van der Waals surface area contributed by atoms with Gasteiger partial charge in [0.2, 0.25) is 0 Å². The molecule has 0 fully saturated rings. The molecule has 0 unspecified atom stereocenters. The number of halogens is 2. The van der Waals surface area contributed by atoms with Crippen LogP contribution in [-0.4, -0.2) is 37.7 Å². The molecule has 31 heavy (non-hydrogen) atoms. The Kier molecular flexibility index (Phi) is 8.33. The van der Waals surface area contributed by atoms with Crippen LogP contribution in [0, 0.1) is 0 Å². The summed E-state index contributed by atoms with van der Waals surface area (Å²) >= 11 is 10.5. The minimum absolute atomic E-state index is 0.0753. The molecule has 3 N–H and O–H groups in total. The Labute approximate surface area is 197 Å². The van der Waals surface area contributed by atoms with Crippen molar-refractivity contribution in [3.8, 4) is 5.75 Å². The molecule has 3 rings (SSSR count). The van der Waals surface area contributed by atoms with E-state index in [1.807, 2.05) is 35.8 Å². The minimum atomic E-state index is -0.290. The highest BCUT2D eigenvalue weighted by Crippen LogP contribution is 2.20. The zero-order chi connectivity index (χ0) is 22.2. The topological polar surface area (TPSA) is 104 Å². The van der Waals surface area contributed by atoms with Crippen molar-refractivity contribution in [1.82, 2.24) is 20.2 Å². The van der Waals surface area contributed by atoms with Gasteiger partial charge in [-0.1, -0.05) is 39.3 Å². The lowest BCUT2D eigenvalue weighted by atomic mass is 10.2. The maximum atomic E-state index is 12.1. The number of phenolic OH excluding ortho intramolecular Hbond substituents is 1. The number of carbonyl (C=O) groups excluding carboxylic acids is 1. The van der Waals surface area contributed by atoms with Gasteiger partial charge < -0.3 is 15.0 Å². The lowest BCUT2D eigenvalue weighted by Gasteiger charge is -2.09. The number of hydrogen-bond donors (Lipinski definition) is 3. The van der Waals surface area contributed by atoms with Crippen LogP contribution in [0.2, 0.25) is 5.02 Å². The molecule has 3 aromatic rings. The molecule has 0 aliphatic carbocycles. The maximum Gasteiger partial charge on any atom is 0.250 e. The van der Waals surface area contributed by atoms with Gasteiger partial charge in [0.25, 0.3) is 5.91 Å². The van der Waals surface area contributed by atoms with Crippen molar-refractivity contribution in [2.45, 2.75) is 25.2 Å². The summed E-state index contributed by atoms with van der Waals surface area (Å²) in [4.78, 5) is 12.1. The fourth-order valence-corrected chi connectivity index (χ4v) is 3.91. The van der Waals surface area contributed by atoms with E-state index in [0.29, 0.717) is 28.8 Å². The van der Waals surface area contributed by atoms with Gasteiger partial charge in [-0.25, -0.2) is 5.43 Å². The molecule has 0 atom stereocenters. The quantitative estimate of drug-likeness (QED) is 0.220. The Morgan fingerprint density at radius 1 is 1.29 bits per heavy atom. The fraction of sp³-hybridized carbons (Fsp3) is 0.200. The van der Waals surface area contributed by atoms with Crippen LogP contribution in [0.5, 0.6) is 5.75 Å². The van der Waals surface area contributed by atoms with E-state index >= 15 is 0 Å². The van der Waals surface area contributed by atoms with Crippen LogP contribution in [0.25, 0.3) is 0 Å². The monoisotopic (exact) mass is 522 g/mol. The third-order valence-corrected chi connectivity index (χ3v) is 5.83. The Hall–Kier alpha value is -2.56. The number of nitrogens with zero attached hydrogens (tertiary/aromatic N) is 4. The number of nitrogens with one attached hydrogen (secondary N) is 2. The van der Waals surface area contributed by atoms with Crippen LogP contribution in [0.3, 0.4) is 0 Å². The molecule has 162 valence electrons. The lowest BCUT2D eigenvalue weighted by Crippen LogP contribution is -2.20. The number of aromatic hydroxyl groups is 1. The zero-order valence-corrected chi connectivity index (χ0v) is 19.7. The molecule has 0 aliphatic rings. The lowest BCUT2D eigenvalue weighted by molar-refractivity contribution is -0.118. The summed E-state index contributed by atoms with van der Waals surface area (Å²) in [5, 5.41) is 26.7. The highest BCUT2D eigenvalue weighted by atomic mass is 79.9. The van der Waals surface area contributed by atoms with Crippen LogP contribution in [0.15, 0.2) is 57.2 Å². The predicted octanol–water partition coefficient (Wildman–Crippen LogP) is 4.27. The van der Waals surface area contributed by atoms with Crippen LogP contribution in [0.4, 0.5) is 5.69 Å². The van der Waals surface area contributed by atoms with E-state index in [1.165, 1.54) is 18.0 Å². The van der Waals surface area contributed by atoms with Gasteiger partial charge >= 0.3 is 0 Å². The van der Waals surface area contributed by atoms with Crippen molar-refractivity contribution in [1.29, 1.82) is 0 Å². The third-order valence-electron chi connectivity index (χ3n) is 4.12. The van der Waals surface area contributed by atoms with Crippen molar-refractivity contribution in [3.63, 3.8) is 0 Å². The summed E-state index contributed by atoms with van der Waals surface area (Å²) in [6.07, 6.45) is 1.39. The van der Waals surface area contributed by atoms with E-state index in [9.17, 15) is 9.90 Å². The Morgan fingerprint density at radius 2 is 2.06 bits per heavy atom. The van der Waals surface area contributed by atoms with Crippen molar-refractivity contribution in [2.75, 3.05) is 11.1 Å². The number of rotatable bonds is 9. The highest BCUT2D eigenvalue weighted by molar-refractivity contribution is 9.10. The van der Waals surface area contributed by atoms with E-state index in [0.717, 1.165) is 16.0 Å². The standard InChI is InChI=1S/C20H20BrClN6O2S/c1-2-28-18(11-23-16-6-4-15(22)5-7-16)25-27-20(28)31-12-19(30)26-24-10-13-9-14(21)3-8-17(13)29/h3-10,23,29H,2,11-12H2,1H3,(H,26,30)/b24-10-. The first kappa shape index (κ1) is 23.1. The van der Waals surface area contributed by atoms with Gasteiger partial charge in [-0.15, -0.1) is 10.2 Å². The minimum Gasteiger partial charge on any atom is -0.507 e. The molecule has 0 bridgehead atoms. The molecular formula is C20H20BrClN6O2S. The molecule has 0 aliphatic heterocycles. The molecule has 2 aromatic carbocycles. The smallest absolute Gasteiger partial charge is 0.250 e. The van der Waals surface area contributed by atoms with E-state index < -0.39 is 0 Å². The van der Waals surface area contributed by atoms with Gasteiger partial charge in [-0.3, -0.25) is 4.79 Å². The van der Waals surface area contributed by atoms with Crippen LogP contribution in [-0.2, 0) is 17.9 Å². The van der Waals surface area contributed by atoms with Crippen LogP contribution in [0.1, 0.15) is 18.3 Å².